The third kappa shape index (κ3) is 3.64. The lowest BCUT2D eigenvalue weighted by atomic mass is 10.1. The van der Waals surface area contributed by atoms with Crippen molar-refractivity contribution in [2.45, 2.75) is 0 Å². The summed E-state index contributed by atoms with van der Waals surface area (Å²) in [6, 6.07) is 13.9. The van der Waals surface area contributed by atoms with E-state index in [0.717, 1.165) is 36.7 Å². The van der Waals surface area contributed by atoms with Crippen LogP contribution in [0.2, 0.25) is 0 Å². The van der Waals surface area contributed by atoms with Gasteiger partial charge in [0.2, 0.25) is 5.75 Å². The first-order valence-corrected chi connectivity index (χ1v) is 8.59. The fourth-order valence-electron chi connectivity index (χ4n) is 3.01. The molecule has 1 fully saturated rings. The van der Waals surface area contributed by atoms with Crippen LogP contribution in [-0.2, 0) is 0 Å². The van der Waals surface area contributed by atoms with Crippen molar-refractivity contribution in [2.75, 3.05) is 45.3 Å². The van der Waals surface area contributed by atoms with E-state index in [0.29, 0.717) is 11.5 Å². The number of phenols is 1. The van der Waals surface area contributed by atoms with Crippen LogP contribution >= 0.6 is 12.2 Å². The van der Waals surface area contributed by atoms with Crippen molar-refractivity contribution in [1.29, 1.82) is 0 Å². The second-order valence-electron chi connectivity index (χ2n) is 5.84. The van der Waals surface area contributed by atoms with Gasteiger partial charge >= 0.3 is 0 Å². The Morgan fingerprint density at radius 2 is 1.52 bits per heavy atom. The molecule has 1 aliphatic rings. The molecule has 1 aliphatic heterocycles. The van der Waals surface area contributed by atoms with Gasteiger partial charge in [-0.05, 0) is 24.3 Å². The molecule has 2 aromatic rings. The summed E-state index contributed by atoms with van der Waals surface area (Å²) in [4.78, 5) is 5.28. The maximum Gasteiger partial charge on any atom is 0.200 e. The average Bonchev–Trinajstić information content (AvgIpc) is 2.68. The zero-order chi connectivity index (χ0) is 17.8. The van der Waals surface area contributed by atoms with Crippen LogP contribution in [0.15, 0.2) is 42.5 Å². The molecular formula is C19H22N2O3S. The lowest BCUT2D eigenvalue weighted by molar-refractivity contribution is 0.339. The van der Waals surface area contributed by atoms with Crippen LogP contribution in [-0.4, -0.2) is 55.4 Å². The van der Waals surface area contributed by atoms with E-state index in [-0.39, 0.29) is 5.75 Å². The molecule has 2 aromatic carbocycles. The highest BCUT2D eigenvalue weighted by atomic mass is 32.1. The van der Waals surface area contributed by atoms with Crippen molar-refractivity contribution in [1.82, 2.24) is 4.90 Å². The summed E-state index contributed by atoms with van der Waals surface area (Å²) in [5.74, 6) is 0.713. The second-order valence-corrected chi connectivity index (χ2v) is 6.23. The molecule has 0 aliphatic carbocycles. The van der Waals surface area contributed by atoms with Gasteiger partial charge < -0.3 is 24.4 Å². The Morgan fingerprint density at radius 1 is 0.960 bits per heavy atom. The molecule has 0 unspecified atom stereocenters. The first kappa shape index (κ1) is 17.4. The van der Waals surface area contributed by atoms with Gasteiger partial charge in [0.1, 0.15) is 4.99 Å². The molecule has 0 aromatic heterocycles. The molecule has 1 heterocycles. The number of aromatic hydroxyl groups is 1. The van der Waals surface area contributed by atoms with Crippen molar-refractivity contribution in [3.05, 3.63) is 48.0 Å². The molecule has 0 saturated carbocycles. The van der Waals surface area contributed by atoms with Crippen LogP contribution < -0.4 is 14.4 Å². The van der Waals surface area contributed by atoms with Gasteiger partial charge in [-0.1, -0.05) is 30.4 Å². The number of phenolic OH excluding ortho intramolecular Hbond substituents is 1. The minimum atomic E-state index is -0.00885. The number of para-hydroxylation sites is 1. The molecule has 0 atom stereocenters. The number of piperazine rings is 1. The number of anilines is 1. The van der Waals surface area contributed by atoms with Crippen molar-refractivity contribution in [2.24, 2.45) is 0 Å². The Hall–Kier alpha value is -2.47. The number of methoxy groups -OCH3 is 2. The van der Waals surface area contributed by atoms with Gasteiger partial charge in [0.15, 0.2) is 11.5 Å². The molecule has 0 bridgehead atoms. The van der Waals surface area contributed by atoms with Gasteiger partial charge in [-0.3, -0.25) is 0 Å². The van der Waals surface area contributed by atoms with E-state index in [1.54, 1.807) is 12.1 Å². The monoisotopic (exact) mass is 358 g/mol. The fourth-order valence-corrected chi connectivity index (χ4v) is 3.31. The van der Waals surface area contributed by atoms with Gasteiger partial charge in [-0.2, -0.15) is 0 Å². The third-order valence-corrected chi connectivity index (χ3v) is 4.91. The summed E-state index contributed by atoms with van der Waals surface area (Å²) in [5, 5.41) is 10.1. The van der Waals surface area contributed by atoms with Gasteiger partial charge in [-0.25, -0.2) is 0 Å². The van der Waals surface area contributed by atoms with Gasteiger partial charge in [0.05, 0.1) is 14.2 Å². The average molecular weight is 358 g/mol. The fraction of sp³-hybridized carbons (Fsp3) is 0.316. The summed E-state index contributed by atoms with van der Waals surface area (Å²) in [6.07, 6.45) is 0. The van der Waals surface area contributed by atoms with Gasteiger partial charge in [0.25, 0.3) is 0 Å². The van der Waals surface area contributed by atoms with E-state index < -0.39 is 0 Å². The second kappa shape index (κ2) is 7.61. The van der Waals surface area contributed by atoms with E-state index in [4.69, 9.17) is 21.7 Å². The van der Waals surface area contributed by atoms with Crippen LogP contribution in [0.5, 0.6) is 17.2 Å². The molecular weight excluding hydrogens is 336 g/mol. The number of hydrogen-bond donors (Lipinski definition) is 1. The van der Waals surface area contributed by atoms with Gasteiger partial charge in [0, 0.05) is 37.4 Å². The Morgan fingerprint density at radius 3 is 2.04 bits per heavy atom. The molecule has 1 N–H and O–H groups in total. The maximum absolute atomic E-state index is 10.1. The minimum Gasteiger partial charge on any atom is -0.502 e. The molecule has 6 heteroatoms. The number of hydrogen-bond acceptors (Lipinski definition) is 5. The summed E-state index contributed by atoms with van der Waals surface area (Å²) in [5.41, 5.74) is 2.05. The van der Waals surface area contributed by atoms with E-state index >= 15 is 0 Å². The highest BCUT2D eigenvalue weighted by Crippen LogP contribution is 2.37. The normalized spacial score (nSPS) is 14.3. The number of thiocarbonyl (C=S) groups is 1. The number of rotatable bonds is 4. The van der Waals surface area contributed by atoms with Crippen molar-refractivity contribution >= 4 is 22.9 Å². The zero-order valence-corrected chi connectivity index (χ0v) is 15.3. The predicted octanol–water partition coefficient (Wildman–Crippen LogP) is 2.91. The first-order valence-electron chi connectivity index (χ1n) is 8.18. The van der Waals surface area contributed by atoms with Gasteiger partial charge in [-0.15, -0.1) is 0 Å². The van der Waals surface area contributed by atoms with Crippen LogP contribution in [0.1, 0.15) is 5.56 Å². The SMILES string of the molecule is COc1cc(C(=S)N2CCN(c3ccccc3)CC2)cc(OC)c1O. The van der Waals surface area contributed by atoms with Crippen LogP contribution in [0.3, 0.4) is 0 Å². The smallest absolute Gasteiger partial charge is 0.200 e. The standard InChI is InChI=1S/C19H22N2O3S/c1-23-16-12-14(13-17(24-2)18(16)22)19(25)21-10-8-20(9-11-21)15-6-4-3-5-7-15/h3-7,12-13,22H,8-11H2,1-2H3. The Bertz CT molecular complexity index is 719. The lowest BCUT2D eigenvalue weighted by Crippen LogP contribution is -2.48. The Kier molecular flexibility index (Phi) is 5.28. The molecule has 0 amide bonds. The van der Waals surface area contributed by atoms with Crippen molar-refractivity contribution in [3.8, 4) is 17.2 Å². The molecule has 132 valence electrons. The zero-order valence-electron chi connectivity index (χ0n) is 14.4. The molecule has 1 saturated heterocycles. The summed E-state index contributed by atoms with van der Waals surface area (Å²) in [7, 11) is 3.03. The Balaban J connectivity index is 1.72. The summed E-state index contributed by atoms with van der Waals surface area (Å²) >= 11 is 5.67. The third-order valence-electron chi connectivity index (χ3n) is 4.41. The van der Waals surface area contributed by atoms with E-state index in [1.807, 2.05) is 6.07 Å². The molecule has 5 nitrogen and oxygen atoms in total. The molecule has 3 rings (SSSR count). The highest BCUT2D eigenvalue weighted by molar-refractivity contribution is 7.80. The highest BCUT2D eigenvalue weighted by Gasteiger charge is 2.22. The van der Waals surface area contributed by atoms with Crippen LogP contribution in [0, 0.1) is 0 Å². The Labute approximate surface area is 153 Å². The topological polar surface area (TPSA) is 45.2 Å². The molecule has 0 spiro atoms. The number of benzene rings is 2. The van der Waals surface area contributed by atoms with Crippen LogP contribution in [0.4, 0.5) is 5.69 Å². The number of nitrogens with zero attached hydrogens (tertiary/aromatic N) is 2. The maximum atomic E-state index is 10.1. The van der Waals surface area contributed by atoms with Crippen LogP contribution in [0.25, 0.3) is 0 Å². The minimum absolute atomic E-state index is 0.00885. The van der Waals surface area contributed by atoms with E-state index in [2.05, 4.69) is 34.1 Å². The molecule has 25 heavy (non-hydrogen) atoms. The first-order chi connectivity index (χ1) is 12.1. The van der Waals surface area contributed by atoms with E-state index in [9.17, 15) is 5.11 Å². The summed E-state index contributed by atoms with van der Waals surface area (Å²) in [6.45, 7) is 3.52. The quantitative estimate of drug-likeness (QED) is 0.848. The lowest BCUT2D eigenvalue weighted by Gasteiger charge is -2.37. The largest absolute Gasteiger partial charge is 0.502 e. The summed E-state index contributed by atoms with van der Waals surface area (Å²) < 4.78 is 10.4. The molecule has 0 radical (unpaired) electrons. The number of ether oxygens (including phenoxy) is 2. The predicted molar refractivity (Wildman–Crippen MR) is 103 cm³/mol. The van der Waals surface area contributed by atoms with Crippen molar-refractivity contribution in [3.63, 3.8) is 0 Å². The van der Waals surface area contributed by atoms with Crippen molar-refractivity contribution < 1.29 is 14.6 Å². The van der Waals surface area contributed by atoms with E-state index in [1.165, 1.54) is 19.9 Å².